The molecule has 0 aromatic heterocycles. The third-order valence-electron chi connectivity index (χ3n) is 4.45. The summed E-state index contributed by atoms with van der Waals surface area (Å²) in [6.45, 7) is 4.95. The standard InChI is InChI=1S/C19H23NO3S/c1-15-7-9-18(10-8-15)24(21,22)20-13-11-17(12-14-20)23-19-6-4-3-5-16(19)2/h3-10,17H,11-14H2,1-2H3. The molecule has 1 fully saturated rings. The molecule has 24 heavy (non-hydrogen) atoms. The van der Waals surface area contributed by atoms with Gasteiger partial charge in [0.05, 0.1) is 4.90 Å². The van der Waals surface area contributed by atoms with Crippen LogP contribution in [0, 0.1) is 13.8 Å². The van der Waals surface area contributed by atoms with Crippen LogP contribution in [-0.2, 0) is 10.0 Å². The quantitative estimate of drug-likeness (QED) is 0.851. The largest absolute Gasteiger partial charge is 0.490 e. The molecule has 0 aliphatic carbocycles. The molecule has 5 heteroatoms. The van der Waals surface area contributed by atoms with Crippen LogP contribution in [-0.4, -0.2) is 31.9 Å². The summed E-state index contributed by atoms with van der Waals surface area (Å²) in [6.07, 6.45) is 1.48. The topological polar surface area (TPSA) is 46.6 Å². The van der Waals surface area contributed by atoms with Gasteiger partial charge in [0.25, 0.3) is 0 Å². The number of nitrogens with zero attached hydrogens (tertiary/aromatic N) is 1. The van der Waals surface area contributed by atoms with Gasteiger partial charge in [0, 0.05) is 13.1 Å². The number of sulfonamides is 1. The summed E-state index contributed by atoms with van der Waals surface area (Å²) < 4.78 is 33.0. The van der Waals surface area contributed by atoms with Crippen molar-refractivity contribution in [3.8, 4) is 5.75 Å². The van der Waals surface area contributed by atoms with E-state index in [-0.39, 0.29) is 6.10 Å². The van der Waals surface area contributed by atoms with Gasteiger partial charge in [-0.3, -0.25) is 0 Å². The second-order valence-electron chi connectivity index (χ2n) is 6.30. The second kappa shape index (κ2) is 6.95. The number of ether oxygens (including phenoxy) is 1. The zero-order chi connectivity index (χ0) is 17.2. The summed E-state index contributed by atoms with van der Waals surface area (Å²) in [6, 6.07) is 15.0. The molecule has 1 aliphatic rings. The van der Waals surface area contributed by atoms with Crippen LogP contribution in [0.15, 0.2) is 53.4 Å². The van der Waals surface area contributed by atoms with Crippen molar-refractivity contribution in [2.24, 2.45) is 0 Å². The Kier molecular flexibility index (Phi) is 4.92. The zero-order valence-electron chi connectivity index (χ0n) is 14.1. The Morgan fingerprint density at radius 3 is 2.21 bits per heavy atom. The summed E-state index contributed by atoms with van der Waals surface area (Å²) in [4.78, 5) is 0.367. The normalized spacial score (nSPS) is 16.9. The van der Waals surface area contributed by atoms with Crippen molar-refractivity contribution in [3.63, 3.8) is 0 Å². The minimum atomic E-state index is -3.41. The van der Waals surface area contributed by atoms with E-state index < -0.39 is 10.0 Å². The monoisotopic (exact) mass is 345 g/mol. The number of hydrogen-bond acceptors (Lipinski definition) is 3. The van der Waals surface area contributed by atoms with E-state index in [1.807, 2.05) is 50.2 Å². The molecule has 3 rings (SSSR count). The van der Waals surface area contributed by atoms with Crippen molar-refractivity contribution in [3.05, 3.63) is 59.7 Å². The first kappa shape index (κ1) is 17.0. The Morgan fingerprint density at radius 1 is 0.958 bits per heavy atom. The van der Waals surface area contributed by atoms with Crippen molar-refractivity contribution in [2.75, 3.05) is 13.1 Å². The van der Waals surface area contributed by atoms with Gasteiger partial charge in [-0.15, -0.1) is 0 Å². The van der Waals surface area contributed by atoms with Gasteiger partial charge in [0.2, 0.25) is 10.0 Å². The Morgan fingerprint density at radius 2 is 1.58 bits per heavy atom. The second-order valence-corrected chi connectivity index (χ2v) is 8.24. The molecule has 0 spiro atoms. The van der Waals surface area contributed by atoms with Crippen LogP contribution in [0.2, 0.25) is 0 Å². The van der Waals surface area contributed by atoms with Crippen LogP contribution < -0.4 is 4.74 Å². The van der Waals surface area contributed by atoms with E-state index in [0.29, 0.717) is 30.8 Å². The lowest BCUT2D eigenvalue weighted by Gasteiger charge is -2.31. The average molecular weight is 345 g/mol. The van der Waals surface area contributed by atoms with Crippen LogP contribution >= 0.6 is 0 Å². The lowest BCUT2D eigenvalue weighted by Crippen LogP contribution is -2.41. The molecule has 1 saturated heterocycles. The highest BCUT2D eigenvalue weighted by molar-refractivity contribution is 7.89. The number of benzene rings is 2. The van der Waals surface area contributed by atoms with Gasteiger partial charge >= 0.3 is 0 Å². The van der Waals surface area contributed by atoms with E-state index in [9.17, 15) is 8.42 Å². The predicted molar refractivity (Wildman–Crippen MR) is 94.8 cm³/mol. The van der Waals surface area contributed by atoms with Crippen molar-refractivity contribution in [1.29, 1.82) is 0 Å². The van der Waals surface area contributed by atoms with E-state index in [0.717, 1.165) is 16.9 Å². The molecule has 2 aromatic rings. The van der Waals surface area contributed by atoms with Crippen LogP contribution in [0.1, 0.15) is 24.0 Å². The fourth-order valence-corrected chi connectivity index (χ4v) is 4.39. The molecule has 0 saturated carbocycles. The summed E-state index contributed by atoms with van der Waals surface area (Å²) in [5, 5.41) is 0. The molecule has 128 valence electrons. The van der Waals surface area contributed by atoms with Crippen molar-refractivity contribution < 1.29 is 13.2 Å². The Labute approximate surface area is 144 Å². The van der Waals surface area contributed by atoms with Gasteiger partial charge < -0.3 is 4.74 Å². The van der Waals surface area contributed by atoms with Gasteiger partial charge in [0.15, 0.2) is 0 Å². The Hall–Kier alpha value is -1.85. The third kappa shape index (κ3) is 3.62. The lowest BCUT2D eigenvalue weighted by molar-refractivity contribution is 0.134. The number of rotatable bonds is 4. The first-order valence-corrected chi connectivity index (χ1v) is 9.70. The fraction of sp³-hybridized carbons (Fsp3) is 0.368. The molecular weight excluding hydrogens is 322 g/mol. The van der Waals surface area contributed by atoms with Crippen molar-refractivity contribution in [2.45, 2.75) is 37.7 Å². The lowest BCUT2D eigenvalue weighted by atomic mass is 10.1. The smallest absolute Gasteiger partial charge is 0.243 e. The molecule has 0 radical (unpaired) electrons. The molecule has 0 N–H and O–H groups in total. The molecule has 0 atom stereocenters. The van der Waals surface area contributed by atoms with E-state index in [2.05, 4.69) is 0 Å². The minimum Gasteiger partial charge on any atom is -0.490 e. The summed E-state index contributed by atoms with van der Waals surface area (Å²) in [5.74, 6) is 0.886. The summed E-state index contributed by atoms with van der Waals surface area (Å²) in [7, 11) is -3.41. The maximum Gasteiger partial charge on any atom is 0.243 e. The number of para-hydroxylation sites is 1. The van der Waals surface area contributed by atoms with Gasteiger partial charge in [-0.25, -0.2) is 8.42 Å². The first-order chi connectivity index (χ1) is 11.5. The van der Waals surface area contributed by atoms with Gasteiger partial charge in [-0.05, 0) is 50.5 Å². The molecule has 0 amide bonds. The molecule has 0 bridgehead atoms. The van der Waals surface area contributed by atoms with Crippen molar-refractivity contribution in [1.82, 2.24) is 4.31 Å². The molecule has 1 heterocycles. The number of piperidine rings is 1. The first-order valence-electron chi connectivity index (χ1n) is 8.26. The molecule has 1 aliphatic heterocycles. The zero-order valence-corrected chi connectivity index (χ0v) is 14.9. The summed E-state index contributed by atoms with van der Waals surface area (Å²) >= 11 is 0. The van der Waals surface area contributed by atoms with E-state index in [1.165, 1.54) is 0 Å². The van der Waals surface area contributed by atoms with Gasteiger partial charge in [-0.2, -0.15) is 4.31 Å². The molecule has 2 aromatic carbocycles. The van der Waals surface area contributed by atoms with Crippen LogP contribution in [0.3, 0.4) is 0 Å². The van der Waals surface area contributed by atoms with E-state index in [4.69, 9.17) is 4.74 Å². The SMILES string of the molecule is Cc1ccc(S(=O)(=O)N2CCC(Oc3ccccc3C)CC2)cc1. The molecular formula is C19H23NO3S. The van der Waals surface area contributed by atoms with Gasteiger partial charge in [0.1, 0.15) is 11.9 Å². The maximum absolute atomic E-state index is 12.7. The highest BCUT2D eigenvalue weighted by Gasteiger charge is 2.30. The fourth-order valence-electron chi connectivity index (χ4n) is 2.92. The minimum absolute atomic E-state index is 0.0653. The maximum atomic E-state index is 12.7. The number of aryl methyl sites for hydroxylation is 2. The highest BCUT2D eigenvalue weighted by atomic mass is 32.2. The summed E-state index contributed by atoms with van der Waals surface area (Å²) in [5.41, 5.74) is 2.16. The molecule has 0 unspecified atom stereocenters. The predicted octanol–water partition coefficient (Wildman–Crippen LogP) is 3.54. The highest BCUT2D eigenvalue weighted by Crippen LogP contribution is 2.25. The van der Waals surface area contributed by atoms with Crippen LogP contribution in [0.25, 0.3) is 0 Å². The van der Waals surface area contributed by atoms with Gasteiger partial charge in [-0.1, -0.05) is 35.9 Å². The van der Waals surface area contributed by atoms with Crippen LogP contribution in [0.4, 0.5) is 0 Å². The third-order valence-corrected chi connectivity index (χ3v) is 6.36. The Bertz CT molecular complexity index is 792. The van der Waals surface area contributed by atoms with E-state index >= 15 is 0 Å². The van der Waals surface area contributed by atoms with Crippen LogP contribution in [0.5, 0.6) is 5.75 Å². The molecule has 4 nitrogen and oxygen atoms in total. The number of hydrogen-bond donors (Lipinski definition) is 0. The Balaban J connectivity index is 1.64. The van der Waals surface area contributed by atoms with E-state index in [1.54, 1.807) is 16.4 Å². The van der Waals surface area contributed by atoms with Crippen molar-refractivity contribution >= 4 is 10.0 Å². The average Bonchev–Trinajstić information content (AvgIpc) is 2.58.